The van der Waals surface area contributed by atoms with Crippen LogP contribution in [0.25, 0.3) is 5.69 Å². The van der Waals surface area contributed by atoms with Gasteiger partial charge in [-0.15, -0.1) is 11.3 Å². The fourth-order valence-electron chi connectivity index (χ4n) is 2.96. The van der Waals surface area contributed by atoms with Crippen LogP contribution in [-0.2, 0) is 13.2 Å². The quantitative estimate of drug-likeness (QED) is 0.498. The van der Waals surface area contributed by atoms with Gasteiger partial charge >= 0.3 is 0 Å². The predicted octanol–water partition coefficient (Wildman–Crippen LogP) is 5.19. The maximum Gasteiger partial charge on any atom is 0.203 e. The summed E-state index contributed by atoms with van der Waals surface area (Å²) in [6.07, 6.45) is 2.41. The Balaban J connectivity index is 1.61. The highest BCUT2D eigenvalue weighted by Gasteiger charge is 2.30. The smallest absolute Gasteiger partial charge is 0.203 e. The molecule has 2 aromatic heterocycles. The largest absolute Gasteiger partial charge is 0.283 e. The molecule has 4 nitrogen and oxygen atoms in total. The third-order valence-corrected chi connectivity index (χ3v) is 6.22. The number of nitrogens with zero attached hydrogens (tertiary/aromatic N) is 4. The summed E-state index contributed by atoms with van der Waals surface area (Å²) in [5.41, 5.74) is 2.40. The Morgan fingerprint density at radius 2 is 2.08 bits per heavy atom. The predicted molar refractivity (Wildman–Crippen MR) is 108 cm³/mol. The van der Waals surface area contributed by atoms with Crippen LogP contribution in [0.5, 0.6) is 0 Å². The van der Waals surface area contributed by atoms with Gasteiger partial charge < -0.3 is 0 Å². The monoisotopic (exact) mass is 434 g/mol. The highest BCUT2D eigenvalue weighted by atomic mass is 79.9. The molecule has 3 aromatic rings. The van der Waals surface area contributed by atoms with Crippen LogP contribution >= 0.6 is 39.5 Å². The fraction of sp³-hybridized carbons (Fsp3) is 0.333. The number of hydrogen-bond donors (Lipinski definition) is 0. The fourth-order valence-corrected chi connectivity index (χ4v) is 4.46. The minimum atomic E-state index is 0.543. The molecular weight excluding hydrogens is 416 g/mol. The van der Waals surface area contributed by atoms with Crippen molar-refractivity contribution in [1.82, 2.24) is 19.2 Å². The lowest BCUT2D eigenvalue weighted by molar-refractivity contribution is 0.244. The van der Waals surface area contributed by atoms with Gasteiger partial charge in [-0.05, 0) is 77.2 Å². The summed E-state index contributed by atoms with van der Waals surface area (Å²) in [5.74, 6) is 1.64. The number of halogens is 1. The van der Waals surface area contributed by atoms with E-state index in [9.17, 15) is 0 Å². The van der Waals surface area contributed by atoms with E-state index in [1.165, 1.54) is 18.4 Å². The van der Waals surface area contributed by atoms with Gasteiger partial charge in [-0.3, -0.25) is 9.47 Å². The highest BCUT2D eigenvalue weighted by Crippen LogP contribution is 2.40. The second-order valence-electron chi connectivity index (χ2n) is 6.50. The third-order valence-electron chi connectivity index (χ3n) is 4.27. The number of aromatic nitrogens is 3. The zero-order valence-corrected chi connectivity index (χ0v) is 17.1. The molecular formula is C18H19BrN4S2. The van der Waals surface area contributed by atoms with E-state index >= 15 is 0 Å². The van der Waals surface area contributed by atoms with E-state index in [2.05, 4.69) is 56.0 Å². The molecule has 0 bridgehead atoms. The minimum absolute atomic E-state index is 0.543. The Labute approximate surface area is 164 Å². The lowest BCUT2D eigenvalue weighted by Gasteiger charge is -2.15. The lowest BCUT2D eigenvalue weighted by atomic mass is 10.3. The van der Waals surface area contributed by atoms with Crippen LogP contribution in [0.4, 0.5) is 0 Å². The number of para-hydroxylation sites is 1. The molecule has 0 aliphatic heterocycles. The van der Waals surface area contributed by atoms with E-state index < -0.39 is 0 Å². The molecule has 7 heteroatoms. The average Bonchev–Trinajstić information content (AvgIpc) is 3.29. The summed E-state index contributed by atoms with van der Waals surface area (Å²) in [4.78, 5) is 2.24. The van der Waals surface area contributed by atoms with Gasteiger partial charge in [0.05, 0.1) is 10.5 Å². The molecule has 1 saturated carbocycles. The SMILES string of the molecule is CN(Cc1csc(Br)c1)Cn1nc(C2CC2)n(-c2ccccc2)c1=S. The second-order valence-corrected chi connectivity index (χ2v) is 9.16. The zero-order chi connectivity index (χ0) is 17.4. The van der Waals surface area contributed by atoms with Crippen LogP contribution in [0.2, 0.25) is 0 Å². The second kappa shape index (κ2) is 7.15. The van der Waals surface area contributed by atoms with Gasteiger partial charge in [0, 0.05) is 18.2 Å². The van der Waals surface area contributed by atoms with E-state index in [4.69, 9.17) is 17.3 Å². The van der Waals surface area contributed by atoms with Gasteiger partial charge in [-0.25, -0.2) is 4.68 Å². The van der Waals surface area contributed by atoms with Crippen molar-refractivity contribution in [1.29, 1.82) is 0 Å². The minimum Gasteiger partial charge on any atom is -0.283 e. The van der Waals surface area contributed by atoms with Crippen LogP contribution in [0.15, 0.2) is 45.6 Å². The van der Waals surface area contributed by atoms with Crippen molar-refractivity contribution in [3.05, 3.63) is 61.7 Å². The van der Waals surface area contributed by atoms with Crippen molar-refractivity contribution < 1.29 is 0 Å². The van der Waals surface area contributed by atoms with Gasteiger partial charge in [0.15, 0.2) is 0 Å². The number of rotatable bonds is 6. The Kier molecular flexibility index (Phi) is 4.90. The van der Waals surface area contributed by atoms with Gasteiger partial charge in [0.1, 0.15) is 5.82 Å². The molecule has 1 aliphatic rings. The van der Waals surface area contributed by atoms with Crippen molar-refractivity contribution >= 4 is 39.5 Å². The molecule has 0 N–H and O–H groups in total. The maximum absolute atomic E-state index is 5.76. The first-order valence-electron chi connectivity index (χ1n) is 8.28. The third kappa shape index (κ3) is 3.79. The van der Waals surface area contributed by atoms with Crippen LogP contribution in [0.1, 0.15) is 30.1 Å². The number of thiophene rings is 1. The van der Waals surface area contributed by atoms with Gasteiger partial charge in [-0.2, -0.15) is 5.10 Å². The normalized spacial score (nSPS) is 14.4. The summed E-state index contributed by atoms with van der Waals surface area (Å²) in [6.45, 7) is 1.56. The van der Waals surface area contributed by atoms with Gasteiger partial charge in [-0.1, -0.05) is 18.2 Å². The molecule has 0 radical (unpaired) electrons. The van der Waals surface area contributed by atoms with Crippen molar-refractivity contribution in [2.45, 2.75) is 32.0 Å². The van der Waals surface area contributed by atoms with Crippen molar-refractivity contribution in [2.75, 3.05) is 7.05 Å². The zero-order valence-electron chi connectivity index (χ0n) is 13.9. The Morgan fingerprint density at radius 1 is 1.32 bits per heavy atom. The molecule has 25 heavy (non-hydrogen) atoms. The Bertz CT molecular complexity index is 924. The molecule has 0 spiro atoms. The molecule has 0 atom stereocenters. The van der Waals surface area contributed by atoms with E-state index in [0.717, 1.165) is 26.6 Å². The molecule has 0 saturated heterocycles. The molecule has 4 rings (SSSR count). The maximum atomic E-state index is 5.76. The first kappa shape index (κ1) is 17.1. The standard InChI is InChI=1S/C18H19BrN4S2/c1-21(10-13-9-16(19)25-11-13)12-22-18(24)23(15-5-3-2-4-6-15)17(20-22)14-7-8-14/h2-6,9,11,14H,7-8,10,12H2,1H3. The molecule has 1 aliphatic carbocycles. The molecule has 0 amide bonds. The number of benzene rings is 1. The highest BCUT2D eigenvalue weighted by molar-refractivity contribution is 9.11. The van der Waals surface area contributed by atoms with Crippen LogP contribution in [0.3, 0.4) is 0 Å². The van der Waals surface area contributed by atoms with E-state index in [-0.39, 0.29) is 0 Å². The molecule has 130 valence electrons. The summed E-state index contributed by atoms with van der Waals surface area (Å²) >= 11 is 11.0. The molecule has 0 unspecified atom stereocenters. The molecule has 1 fully saturated rings. The van der Waals surface area contributed by atoms with Crippen LogP contribution in [0, 0.1) is 4.77 Å². The first-order chi connectivity index (χ1) is 12.1. The van der Waals surface area contributed by atoms with E-state index in [1.807, 2.05) is 22.9 Å². The average molecular weight is 435 g/mol. The topological polar surface area (TPSA) is 26.0 Å². The summed E-state index contributed by atoms with van der Waals surface area (Å²) in [6, 6.07) is 12.5. The number of hydrogen-bond acceptors (Lipinski definition) is 4. The summed E-state index contributed by atoms with van der Waals surface area (Å²) in [7, 11) is 2.10. The van der Waals surface area contributed by atoms with Crippen molar-refractivity contribution in [3.63, 3.8) is 0 Å². The van der Waals surface area contributed by atoms with E-state index in [1.54, 1.807) is 11.3 Å². The van der Waals surface area contributed by atoms with Crippen LogP contribution in [-0.4, -0.2) is 26.3 Å². The summed E-state index contributed by atoms with van der Waals surface area (Å²) in [5, 5.41) is 7.04. The Hall–Kier alpha value is -1.28. The molecule has 1 aromatic carbocycles. The lowest BCUT2D eigenvalue weighted by Crippen LogP contribution is -2.22. The van der Waals surface area contributed by atoms with Crippen molar-refractivity contribution in [3.8, 4) is 5.69 Å². The van der Waals surface area contributed by atoms with Crippen molar-refractivity contribution in [2.24, 2.45) is 0 Å². The first-order valence-corrected chi connectivity index (χ1v) is 10.4. The Morgan fingerprint density at radius 3 is 2.72 bits per heavy atom. The summed E-state index contributed by atoms with van der Waals surface area (Å²) < 4.78 is 6.03. The van der Waals surface area contributed by atoms with Gasteiger partial charge in [0.2, 0.25) is 4.77 Å². The van der Waals surface area contributed by atoms with Gasteiger partial charge in [0.25, 0.3) is 0 Å². The molecule has 2 heterocycles. The van der Waals surface area contributed by atoms with E-state index in [0.29, 0.717) is 12.6 Å². The van der Waals surface area contributed by atoms with Crippen LogP contribution < -0.4 is 0 Å².